The molecule has 0 aliphatic rings. The first-order valence-electron chi connectivity index (χ1n) is 7.17. The van der Waals surface area contributed by atoms with Crippen LogP contribution in [0, 0.1) is 0 Å². The lowest BCUT2D eigenvalue weighted by Crippen LogP contribution is -2.45. The lowest BCUT2D eigenvalue weighted by atomic mass is 9.86. The molecule has 0 spiro atoms. The van der Waals surface area contributed by atoms with Crippen LogP contribution in [0.1, 0.15) is 39.2 Å². The van der Waals surface area contributed by atoms with Crippen molar-refractivity contribution >= 4 is 15.9 Å². The molecule has 0 fully saturated rings. The van der Waals surface area contributed by atoms with Crippen molar-refractivity contribution in [2.45, 2.75) is 51.7 Å². The third-order valence-corrected chi connectivity index (χ3v) is 4.38. The van der Waals surface area contributed by atoms with Gasteiger partial charge >= 0.3 is 0 Å². The van der Waals surface area contributed by atoms with E-state index >= 15 is 0 Å². The van der Waals surface area contributed by atoms with Gasteiger partial charge in [-0.15, -0.1) is 0 Å². The molecule has 0 saturated heterocycles. The molecule has 0 bridgehead atoms. The molecule has 0 amide bonds. The molecule has 1 unspecified atom stereocenters. The number of halogens is 1. The Balaban J connectivity index is 2.98. The second-order valence-electron chi connectivity index (χ2n) is 4.88. The van der Waals surface area contributed by atoms with E-state index in [0.717, 1.165) is 28.6 Å². The Hall–Kier alpha value is -0.580. The molecule has 1 rings (SSSR count). The van der Waals surface area contributed by atoms with E-state index in [0.29, 0.717) is 13.0 Å². The molecule has 3 nitrogen and oxygen atoms in total. The summed E-state index contributed by atoms with van der Waals surface area (Å²) in [5.74, 6) is 0.796. The molecule has 4 heteroatoms. The van der Waals surface area contributed by atoms with E-state index in [9.17, 15) is 5.11 Å². The summed E-state index contributed by atoms with van der Waals surface area (Å²) in [5, 5.41) is 10.7. The highest BCUT2D eigenvalue weighted by Crippen LogP contribution is 2.31. The lowest BCUT2D eigenvalue weighted by molar-refractivity contribution is -0.124. The maximum atomic E-state index is 10.7. The summed E-state index contributed by atoms with van der Waals surface area (Å²) in [4.78, 5) is 0. The van der Waals surface area contributed by atoms with Crippen LogP contribution in [0.2, 0.25) is 0 Å². The fourth-order valence-electron chi connectivity index (χ4n) is 2.61. The Kier molecular flexibility index (Phi) is 7.00. The van der Waals surface area contributed by atoms with Crippen LogP contribution >= 0.6 is 15.9 Å². The maximum Gasteiger partial charge on any atom is 0.122 e. The third-order valence-electron chi connectivity index (χ3n) is 3.89. The summed E-state index contributed by atoms with van der Waals surface area (Å²) in [7, 11) is 1.65. The Bertz CT molecular complexity index is 416. The predicted molar refractivity (Wildman–Crippen MR) is 85.3 cm³/mol. The summed E-state index contributed by atoms with van der Waals surface area (Å²) in [6.07, 6.45) is 1.54. The molecule has 0 radical (unpaired) electrons. The van der Waals surface area contributed by atoms with E-state index in [1.54, 1.807) is 7.11 Å². The molecular formula is C16H25BrO3. The molecule has 1 atom stereocenters. The number of methoxy groups -OCH3 is 1. The zero-order valence-corrected chi connectivity index (χ0v) is 14.4. The number of hydrogen-bond acceptors (Lipinski definition) is 3. The van der Waals surface area contributed by atoms with Crippen molar-refractivity contribution in [3.63, 3.8) is 0 Å². The largest absolute Gasteiger partial charge is 0.496 e. The SMILES string of the molecule is CCOC(CC)(CC)C(O)Cc1cc(Br)ccc1OC. The molecular weight excluding hydrogens is 320 g/mol. The molecule has 1 aromatic rings. The average Bonchev–Trinajstić information content (AvgIpc) is 2.45. The Morgan fingerprint density at radius 3 is 2.40 bits per heavy atom. The zero-order valence-electron chi connectivity index (χ0n) is 12.8. The molecule has 0 aliphatic heterocycles. The summed E-state index contributed by atoms with van der Waals surface area (Å²) < 4.78 is 12.2. The van der Waals surface area contributed by atoms with Crippen molar-refractivity contribution in [3.05, 3.63) is 28.2 Å². The predicted octanol–water partition coefficient (Wildman–Crippen LogP) is 3.96. The lowest BCUT2D eigenvalue weighted by Gasteiger charge is -2.36. The molecule has 1 aromatic carbocycles. The van der Waals surface area contributed by atoms with Crippen LogP contribution in [0.5, 0.6) is 5.75 Å². The van der Waals surface area contributed by atoms with Gasteiger partial charge in [-0.1, -0.05) is 29.8 Å². The Morgan fingerprint density at radius 2 is 1.90 bits per heavy atom. The van der Waals surface area contributed by atoms with Crippen LogP contribution in [-0.4, -0.2) is 30.5 Å². The van der Waals surface area contributed by atoms with Gasteiger partial charge in [0.25, 0.3) is 0 Å². The van der Waals surface area contributed by atoms with Gasteiger partial charge in [-0.05, 0) is 43.5 Å². The van der Waals surface area contributed by atoms with Crippen LogP contribution in [0.15, 0.2) is 22.7 Å². The van der Waals surface area contributed by atoms with Crippen LogP contribution in [0.25, 0.3) is 0 Å². The number of ether oxygens (including phenoxy) is 2. The first kappa shape index (κ1) is 17.5. The second kappa shape index (κ2) is 8.01. The second-order valence-corrected chi connectivity index (χ2v) is 5.80. The molecule has 114 valence electrons. The molecule has 0 saturated carbocycles. The van der Waals surface area contributed by atoms with Gasteiger partial charge in [-0.25, -0.2) is 0 Å². The summed E-state index contributed by atoms with van der Waals surface area (Å²) in [5.41, 5.74) is 0.502. The van der Waals surface area contributed by atoms with Crippen molar-refractivity contribution < 1.29 is 14.6 Å². The van der Waals surface area contributed by atoms with Gasteiger partial charge < -0.3 is 14.6 Å². The summed E-state index contributed by atoms with van der Waals surface area (Å²) in [6, 6.07) is 5.83. The van der Waals surface area contributed by atoms with E-state index in [-0.39, 0.29) is 0 Å². The van der Waals surface area contributed by atoms with Gasteiger partial charge in [-0.3, -0.25) is 0 Å². The smallest absolute Gasteiger partial charge is 0.122 e. The third kappa shape index (κ3) is 3.96. The van der Waals surface area contributed by atoms with Gasteiger partial charge in [0.2, 0.25) is 0 Å². The molecule has 0 aromatic heterocycles. The Morgan fingerprint density at radius 1 is 1.25 bits per heavy atom. The van der Waals surface area contributed by atoms with E-state index in [1.807, 2.05) is 25.1 Å². The minimum atomic E-state index is -0.555. The molecule has 0 aliphatic carbocycles. The van der Waals surface area contributed by atoms with Crippen molar-refractivity contribution in [1.29, 1.82) is 0 Å². The van der Waals surface area contributed by atoms with Gasteiger partial charge in [-0.2, -0.15) is 0 Å². The number of rotatable bonds is 8. The van der Waals surface area contributed by atoms with E-state index in [2.05, 4.69) is 29.8 Å². The Labute approximate surface area is 130 Å². The van der Waals surface area contributed by atoms with Gasteiger partial charge in [0.1, 0.15) is 5.75 Å². The number of aliphatic hydroxyl groups excluding tert-OH is 1. The first-order valence-corrected chi connectivity index (χ1v) is 7.96. The highest BCUT2D eigenvalue weighted by atomic mass is 79.9. The van der Waals surface area contributed by atoms with Gasteiger partial charge in [0.15, 0.2) is 0 Å². The minimum absolute atomic E-state index is 0.484. The van der Waals surface area contributed by atoms with Crippen molar-refractivity contribution in [3.8, 4) is 5.75 Å². The van der Waals surface area contributed by atoms with Crippen molar-refractivity contribution in [2.24, 2.45) is 0 Å². The fraction of sp³-hybridized carbons (Fsp3) is 0.625. The number of aliphatic hydroxyl groups is 1. The van der Waals surface area contributed by atoms with Gasteiger partial charge in [0, 0.05) is 17.5 Å². The van der Waals surface area contributed by atoms with E-state index < -0.39 is 11.7 Å². The monoisotopic (exact) mass is 344 g/mol. The molecule has 1 N–H and O–H groups in total. The number of benzene rings is 1. The van der Waals surface area contributed by atoms with Crippen LogP contribution < -0.4 is 4.74 Å². The maximum absolute atomic E-state index is 10.7. The first-order chi connectivity index (χ1) is 9.52. The molecule has 0 heterocycles. The topological polar surface area (TPSA) is 38.7 Å². The summed E-state index contributed by atoms with van der Waals surface area (Å²) >= 11 is 3.46. The van der Waals surface area contributed by atoms with E-state index in [4.69, 9.17) is 9.47 Å². The van der Waals surface area contributed by atoms with E-state index in [1.165, 1.54) is 0 Å². The van der Waals surface area contributed by atoms with Crippen LogP contribution in [-0.2, 0) is 11.2 Å². The quantitative estimate of drug-likeness (QED) is 0.775. The summed E-state index contributed by atoms with van der Waals surface area (Å²) in [6.45, 7) is 6.68. The highest BCUT2D eigenvalue weighted by molar-refractivity contribution is 9.10. The highest BCUT2D eigenvalue weighted by Gasteiger charge is 2.35. The minimum Gasteiger partial charge on any atom is -0.496 e. The number of hydrogen-bond donors (Lipinski definition) is 1. The zero-order chi connectivity index (χ0) is 15.2. The average molecular weight is 345 g/mol. The fourth-order valence-corrected chi connectivity index (χ4v) is 3.02. The van der Waals surface area contributed by atoms with Crippen molar-refractivity contribution in [2.75, 3.05) is 13.7 Å². The van der Waals surface area contributed by atoms with Crippen LogP contribution in [0.3, 0.4) is 0 Å². The standard InChI is InChI=1S/C16H25BrO3/c1-5-16(6-2,20-7-3)15(18)11-12-10-13(17)8-9-14(12)19-4/h8-10,15,18H,5-7,11H2,1-4H3. The van der Waals surface area contributed by atoms with Gasteiger partial charge in [0.05, 0.1) is 18.8 Å². The van der Waals surface area contributed by atoms with Crippen LogP contribution in [0.4, 0.5) is 0 Å². The molecule has 20 heavy (non-hydrogen) atoms. The normalized spacial score (nSPS) is 13.3. The van der Waals surface area contributed by atoms with Crippen molar-refractivity contribution in [1.82, 2.24) is 0 Å².